The number of benzene rings is 1. The van der Waals surface area contributed by atoms with Crippen LogP contribution in [0.2, 0.25) is 0 Å². The van der Waals surface area contributed by atoms with Gasteiger partial charge in [0.1, 0.15) is 11.6 Å². The SMILES string of the molecule is CC(C)c1ccc(NC(=O)c2cc3n(n2)[C@@H](C(F)(F)F)C[C@@H](c2ccco2)N3)cc1. The third-order valence-electron chi connectivity index (χ3n) is 5.14. The fourth-order valence-corrected chi connectivity index (χ4v) is 3.51. The molecule has 0 unspecified atom stereocenters. The zero-order chi connectivity index (χ0) is 21.5. The molecule has 0 saturated carbocycles. The molecule has 0 fully saturated rings. The van der Waals surface area contributed by atoms with Crippen molar-refractivity contribution in [3.63, 3.8) is 0 Å². The highest BCUT2D eigenvalue weighted by molar-refractivity contribution is 6.03. The highest BCUT2D eigenvalue weighted by atomic mass is 19.4. The molecule has 1 aliphatic rings. The number of amides is 1. The van der Waals surface area contributed by atoms with Gasteiger partial charge in [0.05, 0.1) is 12.3 Å². The Bertz CT molecular complexity index is 1020. The van der Waals surface area contributed by atoms with Crippen LogP contribution in [0.15, 0.2) is 53.1 Å². The Labute approximate surface area is 171 Å². The van der Waals surface area contributed by atoms with Gasteiger partial charge in [-0.15, -0.1) is 0 Å². The molecule has 1 amide bonds. The van der Waals surface area contributed by atoms with Crippen molar-refractivity contribution in [2.24, 2.45) is 0 Å². The fourth-order valence-electron chi connectivity index (χ4n) is 3.51. The van der Waals surface area contributed by atoms with E-state index in [9.17, 15) is 18.0 Å². The van der Waals surface area contributed by atoms with Crippen LogP contribution >= 0.6 is 0 Å². The van der Waals surface area contributed by atoms with E-state index in [1.54, 1.807) is 24.3 Å². The van der Waals surface area contributed by atoms with E-state index in [1.807, 2.05) is 12.1 Å². The summed E-state index contributed by atoms with van der Waals surface area (Å²) in [5, 5.41) is 9.62. The van der Waals surface area contributed by atoms with Crippen LogP contribution in [0, 0.1) is 0 Å². The lowest BCUT2D eigenvalue weighted by atomic mass is 10.0. The number of halogens is 3. The van der Waals surface area contributed by atoms with Crippen LogP contribution in [0.3, 0.4) is 0 Å². The first-order valence-electron chi connectivity index (χ1n) is 9.60. The molecule has 30 heavy (non-hydrogen) atoms. The number of hydrogen-bond donors (Lipinski definition) is 2. The number of alkyl halides is 3. The van der Waals surface area contributed by atoms with E-state index in [0.717, 1.165) is 10.2 Å². The summed E-state index contributed by atoms with van der Waals surface area (Å²) in [5.41, 5.74) is 1.57. The Morgan fingerprint density at radius 2 is 2.00 bits per heavy atom. The van der Waals surface area contributed by atoms with Crippen molar-refractivity contribution >= 4 is 17.4 Å². The molecule has 2 N–H and O–H groups in total. The largest absolute Gasteiger partial charge is 0.467 e. The van der Waals surface area contributed by atoms with Gasteiger partial charge in [-0.25, -0.2) is 4.68 Å². The lowest BCUT2D eigenvalue weighted by molar-refractivity contribution is -0.174. The zero-order valence-corrected chi connectivity index (χ0v) is 16.4. The minimum atomic E-state index is -4.52. The number of aromatic nitrogens is 2. The Balaban J connectivity index is 1.59. The van der Waals surface area contributed by atoms with E-state index in [1.165, 1.54) is 12.3 Å². The topological polar surface area (TPSA) is 72.1 Å². The molecule has 3 heterocycles. The molecule has 0 radical (unpaired) electrons. The number of carbonyl (C=O) groups excluding carboxylic acids is 1. The van der Waals surface area contributed by atoms with Crippen LogP contribution in [0.5, 0.6) is 0 Å². The monoisotopic (exact) mass is 418 g/mol. The molecule has 0 aliphatic carbocycles. The summed E-state index contributed by atoms with van der Waals surface area (Å²) in [7, 11) is 0. The van der Waals surface area contributed by atoms with Crippen molar-refractivity contribution in [3.05, 3.63) is 65.7 Å². The maximum absolute atomic E-state index is 13.7. The smallest absolute Gasteiger partial charge is 0.410 e. The predicted molar refractivity (Wildman–Crippen MR) is 105 cm³/mol. The molecule has 0 saturated heterocycles. The second-order valence-electron chi connectivity index (χ2n) is 7.60. The summed E-state index contributed by atoms with van der Waals surface area (Å²) in [6, 6.07) is 9.33. The summed E-state index contributed by atoms with van der Waals surface area (Å²) < 4.78 is 47.1. The lowest BCUT2D eigenvalue weighted by Crippen LogP contribution is -2.35. The van der Waals surface area contributed by atoms with E-state index in [0.29, 0.717) is 17.4 Å². The molecule has 9 heteroatoms. The first-order valence-corrected chi connectivity index (χ1v) is 9.60. The number of furan rings is 1. The van der Waals surface area contributed by atoms with E-state index in [2.05, 4.69) is 29.6 Å². The predicted octanol–water partition coefficient (Wildman–Crippen LogP) is 5.51. The summed E-state index contributed by atoms with van der Waals surface area (Å²) >= 11 is 0. The number of nitrogens with one attached hydrogen (secondary N) is 2. The molecule has 0 spiro atoms. The molecular formula is C21H21F3N4O2. The molecule has 6 nitrogen and oxygen atoms in total. The first-order chi connectivity index (χ1) is 14.2. The Hall–Kier alpha value is -3.23. The van der Waals surface area contributed by atoms with Crippen molar-refractivity contribution in [2.45, 2.75) is 44.4 Å². The van der Waals surface area contributed by atoms with Gasteiger partial charge in [0.25, 0.3) is 5.91 Å². The van der Waals surface area contributed by atoms with Gasteiger partial charge in [-0.2, -0.15) is 18.3 Å². The Morgan fingerprint density at radius 3 is 2.60 bits per heavy atom. The molecule has 2 aromatic heterocycles. The van der Waals surface area contributed by atoms with Crippen LogP contribution in [-0.4, -0.2) is 21.9 Å². The summed E-state index contributed by atoms with van der Waals surface area (Å²) in [4.78, 5) is 12.6. The normalized spacial score (nSPS) is 18.7. The van der Waals surface area contributed by atoms with E-state index in [4.69, 9.17) is 4.42 Å². The average molecular weight is 418 g/mol. The molecule has 1 aliphatic heterocycles. The zero-order valence-electron chi connectivity index (χ0n) is 16.4. The van der Waals surface area contributed by atoms with Gasteiger partial charge < -0.3 is 15.1 Å². The molecule has 0 bridgehead atoms. The number of rotatable bonds is 4. The van der Waals surface area contributed by atoms with Crippen molar-refractivity contribution < 1.29 is 22.4 Å². The lowest BCUT2D eigenvalue weighted by Gasteiger charge is -2.32. The molecule has 158 valence electrons. The van der Waals surface area contributed by atoms with Crippen LogP contribution in [-0.2, 0) is 0 Å². The highest BCUT2D eigenvalue weighted by Gasteiger charge is 2.47. The Kier molecular flexibility index (Phi) is 5.05. The molecule has 3 aromatic rings. The van der Waals surface area contributed by atoms with Crippen LogP contribution in [0.4, 0.5) is 24.7 Å². The van der Waals surface area contributed by atoms with Crippen molar-refractivity contribution in [1.29, 1.82) is 0 Å². The maximum atomic E-state index is 13.7. The van der Waals surface area contributed by atoms with Gasteiger partial charge in [-0.3, -0.25) is 4.79 Å². The first kappa shape index (κ1) is 20.1. The summed E-state index contributed by atoms with van der Waals surface area (Å²) in [5.74, 6) is 0.284. The van der Waals surface area contributed by atoms with E-state index < -0.39 is 24.2 Å². The van der Waals surface area contributed by atoms with Crippen LogP contribution in [0.25, 0.3) is 0 Å². The molecule has 4 rings (SSSR count). The van der Waals surface area contributed by atoms with Crippen molar-refractivity contribution in [1.82, 2.24) is 9.78 Å². The number of fused-ring (bicyclic) bond motifs is 1. The third-order valence-corrected chi connectivity index (χ3v) is 5.14. The second kappa shape index (κ2) is 7.55. The van der Waals surface area contributed by atoms with Gasteiger partial charge in [0.2, 0.25) is 0 Å². The summed E-state index contributed by atoms with van der Waals surface area (Å²) in [6.07, 6.45) is -3.40. The van der Waals surface area contributed by atoms with E-state index in [-0.39, 0.29) is 17.9 Å². The minimum absolute atomic E-state index is 0.0974. The maximum Gasteiger partial charge on any atom is 0.410 e. The number of nitrogens with zero attached hydrogens (tertiary/aromatic N) is 2. The fraction of sp³-hybridized carbons (Fsp3) is 0.333. The van der Waals surface area contributed by atoms with Gasteiger partial charge in [-0.05, 0) is 35.7 Å². The quantitative estimate of drug-likeness (QED) is 0.586. The Morgan fingerprint density at radius 1 is 1.27 bits per heavy atom. The number of anilines is 2. The molecule has 2 atom stereocenters. The third kappa shape index (κ3) is 3.92. The average Bonchev–Trinajstić information content (AvgIpc) is 3.36. The number of hydrogen-bond acceptors (Lipinski definition) is 4. The number of carbonyl (C=O) groups is 1. The molecular weight excluding hydrogens is 397 g/mol. The minimum Gasteiger partial charge on any atom is -0.467 e. The van der Waals surface area contributed by atoms with Crippen molar-refractivity contribution in [3.8, 4) is 0 Å². The highest BCUT2D eigenvalue weighted by Crippen LogP contribution is 2.43. The van der Waals surface area contributed by atoms with Crippen LogP contribution in [0.1, 0.15) is 60.1 Å². The van der Waals surface area contributed by atoms with Gasteiger partial charge >= 0.3 is 6.18 Å². The van der Waals surface area contributed by atoms with Gasteiger partial charge in [0, 0.05) is 18.2 Å². The van der Waals surface area contributed by atoms with Gasteiger partial charge in [0.15, 0.2) is 11.7 Å². The standard InChI is InChI=1S/C21H21F3N4O2/c1-12(2)13-5-7-14(8-6-13)25-20(29)16-11-19-26-15(17-4-3-9-30-17)10-18(21(22,23)24)28(19)27-16/h3-9,11-12,15,18,26H,10H2,1-2H3,(H,25,29)/t15-,18+/m0/s1. The second-order valence-corrected chi connectivity index (χ2v) is 7.60. The molecule has 1 aromatic carbocycles. The van der Waals surface area contributed by atoms with Gasteiger partial charge in [-0.1, -0.05) is 26.0 Å². The van der Waals surface area contributed by atoms with E-state index >= 15 is 0 Å². The van der Waals surface area contributed by atoms with Crippen molar-refractivity contribution in [2.75, 3.05) is 10.6 Å². The van der Waals surface area contributed by atoms with Crippen LogP contribution < -0.4 is 10.6 Å². The summed E-state index contributed by atoms with van der Waals surface area (Å²) in [6.45, 7) is 4.12.